The third kappa shape index (κ3) is 2.90. The lowest BCUT2D eigenvalue weighted by molar-refractivity contribution is 0.0155. The summed E-state index contributed by atoms with van der Waals surface area (Å²) in [6, 6.07) is 2.98. The van der Waals surface area contributed by atoms with Crippen molar-refractivity contribution >= 4 is 17.6 Å². The van der Waals surface area contributed by atoms with Crippen LogP contribution in [-0.4, -0.2) is 35.5 Å². The van der Waals surface area contributed by atoms with Gasteiger partial charge < -0.3 is 9.47 Å². The molecule has 0 bridgehead atoms. The minimum atomic E-state index is -0.500. The van der Waals surface area contributed by atoms with Crippen LogP contribution in [0.3, 0.4) is 0 Å². The Kier molecular flexibility index (Phi) is 3.69. The Morgan fingerprint density at radius 2 is 2.44 bits per heavy atom. The van der Waals surface area contributed by atoms with Crippen molar-refractivity contribution in [2.45, 2.75) is 18.9 Å². The van der Waals surface area contributed by atoms with Crippen molar-refractivity contribution < 1.29 is 14.3 Å². The summed E-state index contributed by atoms with van der Waals surface area (Å²) in [5, 5.41) is 7.44. The Morgan fingerprint density at radius 1 is 1.56 bits per heavy atom. The number of ether oxygens (including phenoxy) is 2. The molecule has 86 valence electrons. The highest BCUT2D eigenvalue weighted by atomic mass is 35.5. The van der Waals surface area contributed by atoms with Gasteiger partial charge in [-0.15, -0.1) is 10.2 Å². The van der Waals surface area contributed by atoms with Gasteiger partial charge in [0.05, 0.1) is 6.10 Å². The molecule has 1 aliphatic rings. The molecular weight excluding hydrogens is 232 g/mol. The molecule has 0 aliphatic carbocycles. The topological polar surface area (TPSA) is 61.3 Å². The molecule has 0 aromatic carbocycles. The zero-order chi connectivity index (χ0) is 11.4. The molecule has 5 nitrogen and oxygen atoms in total. The Morgan fingerprint density at radius 3 is 3.06 bits per heavy atom. The van der Waals surface area contributed by atoms with Gasteiger partial charge in [-0.25, -0.2) is 4.79 Å². The van der Waals surface area contributed by atoms with Gasteiger partial charge in [-0.1, -0.05) is 11.6 Å². The lowest BCUT2D eigenvalue weighted by atomic mass is 10.2. The molecule has 0 spiro atoms. The number of hydrogen-bond acceptors (Lipinski definition) is 5. The van der Waals surface area contributed by atoms with Crippen molar-refractivity contribution in [2.75, 3.05) is 13.2 Å². The fraction of sp³-hybridized carbons (Fsp3) is 0.500. The zero-order valence-corrected chi connectivity index (χ0v) is 9.31. The van der Waals surface area contributed by atoms with Gasteiger partial charge in [-0.2, -0.15) is 0 Å². The second-order valence-electron chi connectivity index (χ2n) is 3.47. The van der Waals surface area contributed by atoms with Gasteiger partial charge in [0, 0.05) is 6.61 Å². The summed E-state index contributed by atoms with van der Waals surface area (Å²) in [6.07, 6.45) is 1.96. The van der Waals surface area contributed by atoms with Crippen LogP contribution < -0.4 is 0 Å². The van der Waals surface area contributed by atoms with E-state index in [1.54, 1.807) is 0 Å². The summed E-state index contributed by atoms with van der Waals surface area (Å²) in [7, 11) is 0. The number of rotatable bonds is 3. The number of nitrogens with zero attached hydrogens (tertiary/aromatic N) is 2. The van der Waals surface area contributed by atoms with E-state index >= 15 is 0 Å². The summed E-state index contributed by atoms with van der Waals surface area (Å²) in [5.41, 5.74) is 0.155. The molecule has 1 atom stereocenters. The highest BCUT2D eigenvalue weighted by Crippen LogP contribution is 2.12. The van der Waals surface area contributed by atoms with E-state index in [4.69, 9.17) is 21.1 Å². The number of hydrogen-bond donors (Lipinski definition) is 0. The third-order valence-corrected chi connectivity index (χ3v) is 2.47. The van der Waals surface area contributed by atoms with Crippen molar-refractivity contribution in [1.29, 1.82) is 0 Å². The van der Waals surface area contributed by atoms with Crippen LogP contribution in [0.5, 0.6) is 0 Å². The molecule has 0 radical (unpaired) electrons. The first-order valence-electron chi connectivity index (χ1n) is 5.03. The van der Waals surface area contributed by atoms with Crippen LogP contribution in [0, 0.1) is 0 Å². The maximum Gasteiger partial charge on any atom is 0.358 e. The first-order chi connectivity index (χ1) is 7.75. The fourth-order valence-corrected chi connectivity index (χ4v) is 1.54. The van der Waals surface area contributed by atoms with Gasteiger partial charge in [0.25, 0.3) is 0 Å². The molecule has 1 aliphatic heterocycles. The highest BCUT2D eigenvalue weighted by Gasteiger charge is 2.18. The smallest absolute Gasteiger partial charge is 0.358 e. The third-order valence-electron chi connectivity index (χ3n) is 2.27. The van der Waals surface area contributed by atoms with Crippen LogP contribution in [0.2, 0.25) is 5.15 Å². The highest BCUT2D eigenvalue weighted by molar-refractivity contribution is 6.29. The molecule has 1 fully saturated rings. The van der Waals surface area contributed by atoms with E-state index < -0.39 is 5.97 Å². The first-order valence-corrected chi connectivity index (χ1v) is 5.41. The zero-order valence-electron chi connectivity index (χ0n) is 8.56. The average molecular weight is 243 g/mol. The lowest BCUT2D eigenvalue weighted by Crippen LogP contribution is -2.18. The second kappa shape index (κ2) is 5.23. The quantitative estimate of drug-likeness (QED) is 0.751. The predicted molar refractivity (Wildman–Crippen MR) is 56.3 cm³/mol. The Hall–Kier alpha value is -1.20. The van der Waals surface area contributed by atoms with Crippen molar-refractivity contribution in [3.63, 3.8) is 0 Å². The fourth-order valence-electron chi connectivity index (χ4n) is 1.44. The summed E-state index contributed by atoms with van der Waals surface area (Å²) in [4.78, 5) is 11.5. The Balaban J connectivity index is 1.85. The first kappa shape index (κ1) is 11.3. The number of halogens is 1. The molecule has 1 saturated heterocycles. The lowest BCUT2D eigenvalue weighted by Gasteiger charge is -2.09. The van der Waals surface area contributed by atoms with E-state index in [2.05, 4.69) is 10.2 Å². The van der Waals surface area contributed by atoms with Crippen LogP contribution in [0.4, 0.5) is 0 Å². The molecule has 1 unspecified atom stereocenters. The number of aromatic nitrogens is 2. The Bertz CT molecular complexity index is 363. The van der Waals surface area contributed by atoms with Gasteiger partial charge in [-0.3, -0.25) is 0 Å². The maximum absolute atomic E-state index is 11.5. The molecule has 1 aromatic rings. The molecule has 2 rings (SSSR count). The van der Waals surface area contributed by atoms with Gasteiger partial charge in [-0.05, 0) is 25.0 Å². The summed E-state index contributed by atoms with van der Waals surface area (Å²) < 4.78 is 10.4. The molecule has 6 heteroatoms. The summed E-state index contributed by atoms with van der Waals surface area (Å²) in [6.45, 7) is 1.01. The SMILES string of the molecule is O=C(OCC1CCCO1)c1ccc(Cl)nn1. The van der Waals surface area contributed by atoms with Gasteiger partial charge in [0.15, 0.2) is 10.8 Å². The van der Waals surface area contributed by atoms with Gasteiger partial charge in [0.2, 0.25) is 0 Å². The van der Waals surface area contributed by atoms with Gasteiger partial charge in [0.1, 0.15) is 6.61 Å². The minimum absolute atomic E-state index is 0.0178. The van der Waals surface area contributed by atoms with Crippen molar-refractivity contribution in [3.8, 4) is 0 Å². The van der Waals surface area contributed by atoms with E-state index in [9.17, 15) is 4.79 Å². The standard InChI is InChI=1S/C10H11ClN2O3/c11-9-4-3-8(12-13-9)10(14)16-6-7-2-1-5-15-7/h3-4,7H,1-2,5-6H2. The van der Waals surface area contributed by atoms with Crippen molar-refractivity contribution in [3.05, 3.63) is 23.0 Å². The predicted octanol–water partition coefficient (Wildman–Crippen LogP) is 1.47. The van der Waals surface area contributed by atoms with Crippen LogP contribution in [0.25, 0.3) is 0 Å². The normalized spacial score (nSPS) is 19.7. The molecule has 2 heterocycles. The second-order valence-corrected chi connectivity index (χ2v) is 3.86. The summed E-state index contributed by atoms with van der Waals surface area (Å²) >= 11 is 5.55. The minimum Gasteiger partial charge on any atom is -0.458 e. The van der Waals surface area contributed by atoms with Crippen molar-refractivity contribution in [1.82, 2.24) is 10.2 Å². The number of carbonyl (C=O) groups is 1. The van der Waals surface area contributed by atoms with Crippen LogP contribution >= 0.6 is 11.6 Å². The largest absolute Gasteiger partial charge is 0.458 e. The molecule has 0 N–H and O–H groups in total. The van der Waals surface area contributed by atoms with E-state index in [-0.39, 0.29) is 23.6 Å². The molecule has 1 aromatic heterocycles. The molecule has 16 heavy (non-hydrogen) atoms. The number of esters is 1. The summed E-state index contributed by atoms with van der Waals surface area (Å²) in [5.74, 6) is -0.500. The van der Waals surface area contributed by atoms with Crippen LogP contribution in [0.1, 0.15) is 23.3 Å². The van der Waals surface area contributed by atoms with Crippen LogP contribution in [0.15, 0.2) is 12.1 Å². The van der Waals surface area contributed by atoms with E-state index in [0.717, 1.165) is 19.4 Å². The number of carbonyl (C=O) groups excluding carboxylic acids is 1. The van der Waals surface area contributed by atoms with Crippen molar-refractivity contribution in [2.24, 2.45) is 0 Å². The average Bonchev–Trinajstić information content (AvgIpc) is 2.80. The van der Waals surface area contributed by atoms with Gasteiger partial charge >= 0.3 is 5.97 Å². The molecular formula is C10H11ClN2O3. The van der Waals surface area contributed by atoms with E-state index in [1.807, 2.05) is 0 Å². The Labute approximate surface area is 97.7 Å². The monoisotopic (exact) mass is 242 g/mol. The van der Waals surface area contributed by atoms with E-state index in [0.29, 0.717) is 0 Å². The molecule has 0 saturated carbocycles. The maximum atomic E-state index is 11.5. The van der Waals surface area contributed by atoms with E-state index in [1.165, 1.54) is 12.1 Å². The van der Waals surface area contributed by atoms with Crippen LogP contribution in [-0.2, 0) is 9.47 Å². The molecule has 0 amide bonds.